The fraction of sp³-hybridized carbons (Fsp3) is 0.333. The van der Waals surface area contributed by atoms with Gasteiger partial charge in [-0.2, -0.15) is 0 Å². The summed E-state index contributed by atoms with van der Waals surface area (Å²) in [6.45, 7) is 4.12. The lowest BCUT2D eigenvalue weighted by Crippen LogP contribution is -2.01. The van der Waals surface area contributed by atoms with Crippen molar-refractivity contribution in [2.45, 2.75) is 26.7 Å². The highest BCUT2D eigenvalue weighted by atomic mass is 35.5. The summed E-state index contributed by atoms with van der Waals surface area (Å²) in [5, 5.41) is 3.84. The standard InChI is InChI=1S/C15H18ClN3/c1-4-5-14-18-13(9-15(17-3)19-14)11-7-6-10(2)12(16)8-11/h6-9H,4-5H2,1-3H3,(H,17,18,19). The van der Waals surface area contributed by atoms with Gasteiger partial charge < -0.3 is 5.32 Å². The molecular weight excluding hydrogens is 258 g/mol. The van der Waals surface area contributed by atoms with Gasteiger partial charge in [0.15, 0.2) is 0 Å². The molecule has 0 saturated carbocycles. The van der Waals surface area contributed by atoms with Crippen LogP contribution in [-0.2, 0) is 6.42 Å². The van der Waals surface area contributed by atoms with Crippen molar-refractivity contribution in [3.63, 3.8) is 0 Å². The Hall–Kier alpha value is -1.61. The molecule has 2 aromatic rings. The molecule has 100 valence electrons. The first-order chi connectivity index (χ1) is 9.13. The minimum absolute atomic E-state index is 0.763. The highest BCUT2D eigenvalue weighted by molar-refractivity contribution is 6.31. The summed E-state index contributed by atoms with van der Waals surface area (Å²) in [5.74, 6) is 1.70. The third kappa shape index (κ3) is 3.24. The predicted octanol–water partition coefficient (Wildman–Crippen LogP) is 4.10. The lowest BCUT2D eigenvalue weighted by molar-refractivity contribution is 0.838. The van der Waals surface area contributed by atoms with Crippen molar-refractivity contribution in [1.29, 1.82) is 0 Å². The molecule has 1 aromatic carbocycles. The van der Waals surface area contributed by atoms with Crippen LogP contribution in [0.5, 0.6) is 0 Å². The van der Waals surface area contributed by atoms with Gasteiger partial charge in [-0.05, 0) is 25.0 Å². The number of nitrogens with one attached hydrogen (secondary N) is 1. The predicted molar refractivity (Wildman–Crippen MR) is 80.8 cm³/mol. The Morgan fingerprint density at radius 2 is 2.00 bits per heavy atom. The van der Waals surface area contributed by atoms with Gasteiger partial charge in [0.25, 0.3) is 0 Å². The van der Waals surface area contributed by atoms with E-state index in [1.165, 1.54) is 0 Å². The Morgan fingerprint density at radius 1 is 1.21 bits per heavy atom. The van der Waals surface area contributed by atoms with Gasteiger partial charge >= 0.3 is 0 Å². The summed E-state index contributed by atoms with van der Waals surface area (Å²) in [5.41, 5.74) is 3.00. The molecule has 1 heterocycles. The molecule has 19 heavy (non-hydrogen) atoms. The monoisotopic (exact) mass is 275 g/mol. The molecule has 0 unspecified atom stereocenters. The van der Waals surface area contributed by atoms with Crippen LogP contribution in [0, 0.1) is 6.92 Å². The Bertz CT molecular complexity index is 582. The van der Waals surface area contributed by atoms with Crippen molar-refractivity contribution in [2.24, 2.45) is 0 Å². The van der Waals surface area contributed by atoms with E-state index in [4.69, 9.17) is 11.6 Å². The van der Waals surface area contributed by atoms with Crippen LogP contribution in [0.4, 0.5) is 5.82 Å². The number of halogens is 1. The Labute approximate surface area is 119 Å². The topological polar surface area (TPSA) is 37.8 Å². The molecule has 0 bridgehead atoms. The molecule has 4 heteroatoms. The second-order valence-electron chi connectivity index (χ2n) is 4.52. The quantitative estimate of drug-likeness (QED) is 0.913. The zero-order valence-corrected chi connectivity index (χ0v) is 12.3. The molecule has 0 saturated heterocycles. The van der Waals surface area contributed by atoms with Crippen LogP contribution in [0.3, 0.4) is 0 Å². The second kappa shape index (κ2) is 6.02. The molecule has 0 radical (unpaired) electrons. The van der Waals surface area contributed by atoms with E-state index >= 15 is 0 Å². The number of nitrogens with zero attached hydrogens (tertiary/aromatic N) is 2. The van der Waals surface area contributed by atoms with E-state index in [2.05, 4.69) is 22.2 Å². The molecule has 0 fully saturated rings. The molecule has 0 aliphatic carbocycles. The third-order valence-electron chi connectivity index (χ3n) is 2.97. The average molecular weight is 276 g/mol. The summed E-state index contributed by atoms with van der Waals surface area (Å²) in [7, 11) is 1.87. The van der Waals surface area contributed by atoms with Crippen LogP contribution in [0.25, 0.3) is 11.3 Å². The summed E-state index contributed by atoms with van der Waals surface area (Å²) >= 11 is 6.18. The number of aryl methyl sites for hydroxylation is 2. The van der Waals surface area contributed by atoms with E-state index in [1.54, 1.807) is 0 Å². The highest BCUT2D eigenvalue weighted by Gasteiger charge is 2.07. The summed E-state index contributed by atoms with van der Waals surface area (Å²) in [6, 6.07) is 7.95. The van der Waals surface area contributed by atoms with Crippen LogP contribution < -0.4 is 5.32 Å². The van der Waals surface area contributed by atoms with Crippen molar-refractivity contribution < 1.29 is 0 Å². The van der Waals surface area contributed by atoms with E-state index in [9.17, 15) is 0 Å². The fourth-order valence-corrected chi connectivity index (χ4v) is 2.04. The molecule has 0 aliphatic heterocycles. The molecule has 1 N–H and O–H groups in total. The van der Waals surface area contributed by atoms with E-state index in [1.807, 2.05) is 38.2 Å². The van der Waals surface area contributed by atoms with Crippen LogP contribution in [0.1, 0.15) is 24.7 Å². The van der Waals surface area contributed by atoms with Crippen molar-refractivity contribution >= 4 is 17.4 Å². The zero-order valence-electron chi connectivity index (χ0n) is 11.5. The van der Waals surface area contributed by atoms with Gasteiger partial charge in [-0.3, -0.25) is 0 Å². The summed E-state index contributed by atoms with van der Waals surface area (Å²) < 4.78 is 0. The van der Waals surface area contributed by atoms with E-state index in [0.717, 1.165) is 46.3 Å². The van der Waals surface area contributed by atoms with Crippen molar-refractivity contribution in [1.82, 2.24) is 9.97 Å². The number of rotatable bonds is 4. The second-order valence-corrected chi connectivity index (χ2v) is 4.93. The molecule has 0 aliphatic rings. The van der Waals surface area contributed by atoms with Crippen LogP contribution >= 0.6 is 11.6 Å². The lowest BCUT2D eigenvalue weighted by atomic mass is 10.1. The lowest BCUT2D eigenvalue weighted by Gasteiger charge is -2.08. The highest BCUT2D eigenvalue weighted by Crippen LogP contribution is 2.25. The molecule has 0 atom stereocenters. The van der Waals surface area contributed by atoms with E-state index in [0.29, 0.717) is 0 Å². The Kier molecular flexibility index (Phi) is 4.38. The molecule has 1 aromatic heterocycles. The molecule has 3 nitrogen and oxygen atoms in total. The summed E-state index contributed by atoms with van der Waals surface area (Å²) in [6.07, 6.45) is 1.91. The SMILES string of the molecule is CCCc1nc(NC)cc(-c2ccc(C)c(Cl)c2)n1. The molecule has 0 amide bonds. The molecular formula is C15H18ClN3. The maximum absolute atomic E-state index is 6.18. The molecule has 0 spiro atoms. The number of anilines is 1. The normalized spacial score (nSPS) is 10.5. The van der Waals surface area contributed by atoms with E-state index < -0.39 is 0 Å². The fourth-order valence-electron chi connectivity index (χ4n) is 1.86. The van der Waals surface area contributed by atoms with Crippen LogP contribution in [0.15, 0.2) is 24.3 Å². The number of hydrogen-bond donors (Lipinski definition) is 1. The average Bonchev–Trinajstić information content (AvgIpc) is 2.42. The van der Waals surface area contributed by atoms with Crippen LogP contribution in [-0.4, -0.2) is 17.0 Å². The summed E-state index contributed by atoms with van der Waals surface area (Å²) in [4.78, 5) is 9.05. The maximum Gasteiger partial charge on any atom is 0.131 e. The van der Waals surface area contributed by atoms with Crippen molar-refractivity contribution in [3.05, 3.63) is 40.7 Å². The van der Waals surface area contributed by atoms with Crippen molar-refractivity contribution in [3.8, 4) is 11.3 Å². The molecule has 2 rings (SSSR count). The number of aromatic nitrogens is 2. The first-order valence-electron chi connectivity index (χ1n) is 6.46. The minimum Gasteiger partial charge on any atom is -0.373 e. The van der Waals surface area contributed by atoms with Gasteiger partial charge in [0.2, 0.25) is 0 Å². The Morgan fingerprint density at radius 3 is 2.63 bits per heavy atom. The smallest absolute Gasteiger partial charge is 0.131 e. The maximum atomic E-state index is 6.18. The first-order valence-corrected chi connectivity index (χ1v) is 6.84. The largest absolute Gasteiger partial charge is 0.373 e. The minimum atomic E-state index is 0.763. The van der Waals surface area contributed by atoms with Crippen molar-refractivity contribution in [2.75, 3.05) is 12.4 Å². The zero-order chi connectivity index (χ0) is 13.8. The van der Waals surface area contributed by atoms with Gasteiger partial charge in [-0.15, -0.1) is 0 Å². The number of hydrogen-bond acceptors (Lipinski definition) is 3. The van der Waals surface area contributed by atoms with Gasteiger partial charge in [0.1, 0.15) is 11.6 Å². The first kappa shape index (κ1) is 13.8. The van der Waals surface area contributed by atoms with Crippen LogP contribution in [0.2, 0.25) is 5.02 Å². The number of benzene rings is 1. The van der Waals surface area contributed by atoms with Gasteiger partial charge in [0, 0.05) is 30.1 Å². The van der Waals surface area contributed by atoms with Gasteiger partial charge in [-0.1, -0.05) is 30.7 Å². The van der Waals surface area contributed by atoms with Gasteiger partial charge in [0.05, 0.1) is 5.69 Å². The van der Waals surface area contributed by atoms with E-state index in [-0.39, 0.29) is 0 Å². The van der Waals surface area contributed by atoms with Gasteiger partial charge in [-0.25, -0.2) is 9.97 Å². The Balaban J connectivity index is 2.47. The third-order valence-corrected chi connectivity index (χ3v) is 3.38.